The molecule has 2 aliphatic rings. The van der Waals surface area contributed by atoms with E-state index in [0.29, 0.717) is 6.42 Å². The highest BCUT2D eigenvalue weighted by Crippen LogP contribution is 2.61. The third-order valence-electron chi connectivity index (χ3n) is 4.70. The van der Waals surface area contributed by atoms with Crippen molar-refractivity contribution in [2.24, 2.45) is 11.8 Å². The van der Waals surface area contributed by atoms with Gasteiger partial charge in [0.1, 0.15) is 11.7 Å². The van der Waals surface area contributed by atoms with Crippen molar-refractivity contribution in [3.8, 4) is 0 Å². The first kappa shape index (κ1) is 16.8. The molecule has 2 fully saturated rings. The number of ether oxygens (including phenoxy) is 2. The highest BCUT2D eigenvalue weighted by molar-refractivity contribution is 5.82. The Morgan fingerprint density at radius 1 is 1.25 bits per heavy atom. The van der Waals surface area contributed by atoms with Crippen molar-refractivity contribution in [1.82, 2.24) is 5.32 Å². The highest BCUT2D eigenvalue weighted by atomic mass is 16.6. The molecule has 0 bridgehead atoms. The average molecular weight is 331 g/mol. The van der Waals surface area contributed by atoms with Gasteiger partial charge in [0.05, 0.1) is 12.0 Å². The van der Waals surface area contributed by atoms with Gasteiger partial charge in [-0.1, -0.05) is 37.3 Å². The molecular formula is C19H25NO4. The van der Waals surface area contributed by atoms with E-state index in [1.807, 2.05) is 45.9 Å². The molecule has 24 heavy (non-hydrogen) atoms. The van der Waals surface area contributed by atoms with Crippen molar-refractivity contribution in [2.45, 2.75) is 57.8 Å². The molecular weight excluding hydrogens is 306 g/mol. The number of carbonyl (C=O) groups excluding carboxylic acids is 2. The van der Waals surface area contributed by atoms with E-state index in [1.165, 1.54) is 5.56 Å². The summed E-state index contributed by atoms with van der Waals surface area (Å²) in [5.74, 6) is 0.113. The molecule has 5 heteroatoms. The van der Waals surface area contributed by atoms with Crippen molar-refractivity contribution in [2.75, 3.05) is 0 Å². The van der Waals surface area contributed by atoms with Crippen LogP contribution in [0, 0.1) is 11.8 Å². The number of amides is 1. The van der Waals surface area contributed by atoms with Crippen LogP contribution in [0.4, 0.5) is 4.79 Å². The second-order valence-corrected chi connectivity index (χ2v) is 7.60. The van der Waals surface area contributed by atoms with Crippen molar-refractivity contribution < 1.29 is 19.1 Å². The summed E-state index contributed by atoms with van der Waals surface area (Å²) in [4.78, 5) is 24.2. The molecule has 130 valence electrons. The van der Waals surface area contributed by atoms with Crippen LogP contribution in [0.3, 0.4) is 0 Å². The van der Waals surface area contributed by atoms with Gasteiger partial charge in [-0.3, -0.25) is 4.79 Å². The zero-order chi connectivity index (χ0) is 17.5. The topological polar surface area (TPSA) is 64.6 Å². The smallest absolute Gasteiger partial charge is 0.408 e. The zero-order valence-electron chi connectivity index (χ0n) is 14.6. The van der Waals surface area contributed by atoms with Crippen LogP contribution in [0.15, 0.2) is 30.3 Å². The molecule has 5 atom stereocenters. The van der Waals surface area contributed by atoms with Gasteiger partial charge in [0.2, 0.25) is 0 Å². The van der Waals surface area contributed by atoms with E-state index in [0.717, 1.165) is 0 Å². The third-order valence-corrected chi connectivity index (χ3v) is 4.70. The summed E-state index contributed by atoms with van der Waals surface area (Å²) in [6, 6.07) is 9.81. The van der Waals surface area contributed by atoms with Crippen molar-refractivity contribution >= 4 is 12.1 Å². The Bertz CT molecular complexity index is 622. The maximum Gasteiger partial charge on any atom is 0.408 e. The Kier molecular flexibility index (Phi) is 4.28. The quantitative estimate of drug-likeness (QED) is 0.860. The fourth-order valence-corrected chi connectivity index (χ4v) is 3.67. The van der Waals surface area contributed by atoms with Crippen LogP contribution >= 0.6 is 0 Å². The molecule has 1 aliphatic carbocycles. The van der Waals surface area contributed by atoms with Crippen molar-refractivity contribution in [3.63, 3.8) is 0 Å². The van der Waals surface area contributed by atoms with E-state index in [2.05, 4.69) is 17.4 Å². The lowest BCUT2D eigenvalue weighted by atomic mass is 10.00. The van der Waals surface area contributed by atoms with E-state index >= 15 is 0 Å². The van der Waals surface area contributed by atoms with Crippen LogP contribution < -0.4 is 5.32 Å². The number of esters is 1. The van der Waals surface area contributed by atoms with Gasteiger partial charge in [-0.15, -0.1) is 0 Å². The zero-order valence-corrected chi connectivity index (χ0v) is 14.6. The second-order valence-electron chi connectivity index (χ2n) is 7.60. The van der Waals surface area contributed by atoms with Crippen LogP contribution in [-0.2, 0) is 14.3 Å². The standard InChI is InChI=1S/C19H25NO4/c1-5-12(20-18(22)24-19(2,3)4)16-14-13(15(14)17(21)23-16)11-9-7-6-8-10-11/h6-10,12-16H,5H2,1-4H3,(H,20,22)/t12-,13-,14+,15-,16-/m0/s1. The predicted octanol–water partition coefficient (Wildman–Crippen LogP) is 3.24. The van der Waals surface area contributed by atoms with E-state index in [1.54, 1.807) is 0 Å². The molecule has 3 rings (SSSR count). The Morgan fingerprint density at radius 3 is 2.50 bits per heavy atom. The van der Waals surface area contributed by atoms with E-state index < -0.39 is 11.7 Å². The molecule has 0 unspecified atom stereocenters. The lowest BCUT2D eigenvalue weighted by Crippen LogP contribution is -2.46. The largest absolute Gasteiger partial charge is 0.460 e. The Morgan fingerprint density at radius 2 is 1.92 bits per heavy atom. The summed E-state index contributed by atoms with van der Waals surface area (Å²) >= 11 is 0. The molecule has 1 heterocycles. The van der Waals surface area contributed by atoms with Gasteiger partial charge in [0.25, 0.3) is 0 Å². The van der Waals surface area contributed by atoms with Crippen molar-refractivity contribution in [1.29, 1.82) is 0 Å². The molecule has 0 spiro atoms. The predicted molar refractivity (Wildman–Crippen MR) is 89.5 cm³/mol. The number of benzene rings is 1. The number of hydrogen-bond donors (Lipinski definition) is 1. The number of fused-ring (bicyclic) bond motifs is 1. The van der Waals surface area contributed by atoms with E-state index in [4.69, 9.17) is 9.47 Å². The number of alkyl carbamates (subject to hydrolysis) is 1. The third kappa shape index (κ3) is 3.25. The van der Waals surface area contributed by atoms with Gasteiger partial charge in [-0.2, -0.15) is 0 Å². The van der Waals surface area contributed by atoms with E-state index in [-0.39, 0.29) is 35.9 Å². The minimum absolute atomic E-state index is 0.0770. The van der Waals surface area contributed by atoms with Crippen LogP contribution in [0.2, 0.25) is 0 Å². The first-order valence-electron chi connectivity index (χ1n) is 8.57. The molecule has 1 saturated carbocycles. The van der Waals surface area contributed by atoms with Crippen LogP contribution in [0.25, 0.3) is 0 Å². The monoisotopic (exact) mass is 331 g/mol. The highest BCUT2D eigenvalue weighted by Gasteiger charge is 2.67. The average Bonchev–Trinajstić information content (AvgIpc) is 3.16. The molecule has 1 aromatic carbocycles. The number of carbonyl (C=O) groups is 2. The first-order valence-corrected chi connectivity index (χ1v) is 8.57. The Labute approximate surface area is 142 Å². The van der Waals surface area contributed by atoms with Gasteiger partial charge >= 0.3 is 12.1 Å². The maximum absolute atomic E-state index is 12.2. The fourth-order valence-electron chi connectivity index (χ4n) is 3.67. The molecule has 0 radical (unpaired) electrons. The number of cyclic esters (lactones) is 1. The Balaban J connectivity index is 1.69. The van der Waals surface area contributed by atoms with Crippen LogP contribution in [0.1, 0.15) is 45.6 Å². The summed E-state index contributed by atoms with van der Waals surface area (Å²) in [6.07, 6.45) is -0.0713. The summed E-state index contributed by atoms with van der Waals surface area (Å²) < 4.78 is 10.9. The summed E-state index contributed by atoms with van der Waals surface area (Å²) in [5.41, 5.74) is 0.616. The van der Waals surface area contributed by atoms with Crippen molar-refractivity contribution in [3.05, 3.63) is 35.9 Å². The van der Waals surface area contributed by atoms with Gasteiger partial charge in [-0.05, 0) is 32.8 Å². The summed E-state index contributed by atoms with van der Waals surface area (Å²) in [6.45, 7) is 7.45. The fraction of sp³-hybridized carbons (Fsp3) is 0.579. The second kappa shape index (κ2) is 6.11. The molecule has 1 aliphatic heterocycles. The summed E-state index contributed by atoms with van der Waals surface area (Å²) in [7, 11) is 0. The van der Waals surface area contributed by atoms with Gasteiger partial charge in [0, 0.05) is 11.8 Å². The maximum atomic E-state index is 12.2. The molecule has 0 aromatic heterocycles. The SMILES string of the molecule is CC[C@H](NC(=O)OC(C)(C)C)[C@@H]1OC(=O)[C@H]2[C@@H](c3ccccc3)[C@@H]12. The lowest BCUT2D eigenvalue weighted by molar-refractivity contribution is -0.146. The summed E-state index contributed by atoms with van der Waals surface area (Å²) in [5, 5.41) is 2.88. The molecule has 5 nitrogen and oxygen atoms in total. The lowest BCUT2D eigenvalue weighted by Gasteiger charge is -2.27. The molecule has 1 saturated heterocycles. The van der Waals surface area contributed by atoms with Gasteiger partial charge in [0.15, 0.2) is 0 Å². The minimum Gasteiger partial charge on any atom is -0.460 e. The van der Waals surface area contributed by atoms with Crippen LogP contribution in [0.5, 0.6) is 0 Å². The molecule has 1 aromatic rings. The van der Waals surface area contributed by atoms with E-state index in [9.17, 15) is 9.59 Å². The van der Waals surface area contributed by atoms with Crippen LogP contribution in [-0.4, -0.2) is 29.8 Å². The number of nitrogens with one attached hydrogen (secondary N) is 1. The normalized spacial score (nSPS) is 29.4. The number of rotatable bonds is 4. The number of hydrogen-bond acceptors (Lipinski definition) is 4. The van der Waals surface area contributed by atoms with Gasteiger partial charge < -0.3 is 14.8 Å². The first-order chi connectivity index (χ1) is 11.3. The minimum atomic E-state index is -0.552. The molecule has 1 amide bonds. The Hall–Kier alpha value is -2.04. The molecule has 1 N–H and O–H groups in total. The van der Waals surface area contributed by atoms with Gasteiger partial charge in [-0.25, -0.2) is 4.79 Å².